The topological polar surface area (TPSA) is 9.23 Å². The van der Waals surface area contributed by atoms with Gasteiger partial charge in [-0.1, -0.05) is 30.1 Å². The van der Waals surface area contributed by atoms with Gasteiger partial charge in [0.1, 0.15) is 5.75 Å². The van der Waals surface area contributed by atoms with Gasteiger partial charge in [0.15, 0.2) is 0 Å². The van der Waals surface area contributed by atoms with Crippen molar-refractivity contribution in [2.75, 3.05) is 6.61 Å². The van der Waals surface area contributed by atoms with Crippen LogP contribution in [0, 0.1) is 0 Å². The lowest BCUT2D eigenvalue weighted by atomic mass is 10.0. The molecule has 0 fully saturated rings. The molecule has 1 aromatic carbocycles. The van der Waals surface area contributed by atoms with Gasteiger partial charge in [-0.15, -0.1) is 0 Å². The molecule has 0 amide bonds. The number of ether oxygens (including phenoxy) is 1. The Morgan fingerprint density at radius 2 is 2.17 bits per heavy atom. The smallest absolute Gasteiger partial charge is 0.124 e. The van der Waals surface area contributed by atoms with Gasteiger partial charge >= 0.3 is 0 Å². The molecule has 0 saturated heterocycles. The molecule has 0 bridgehead atoms. The summed E-state index contributed by atoms with van der Waals surface area (Å²) in [5.41, 5.74) is 1.05. The van der Waals surface area contributed by atoms with Crippen molar-refractivity contribution < 1.29 is 4.74 Å². The lowest BCUT2D eigenvalue weighted by molar-refractivity contribution is 0.337. The number of benzene rings is 1. The number of hydrogen-bond acceptors (Lipinski definition) is 1. The first-order valence-electron chi connectivity index (χ1n) is 3.81. The van der Waals surface area contributed by atoms with Crippen LogP contribution in [0.5, 0.6) is 5.75 Å². The molecule has 1 aliphatic heterocycles. The Labute approximate surface area is 81.2 Å². The maximum absolute atomic E-state index is 6.02. The van der Waals surface area contributed by atoms with Crippen LogP contribution in [0.25, 0.3) is 0 Å². The van der Waals surface area contributed by atoms with Crippen LogP contribution < -0.4 is 4.74 Å². The van der Waals surface area contributed by atoms with Gasteiger partial charge < -0.3 is 4.74 Å². The molecule has 1 atom stereocenters. The predicted molar refractivity (Wildman–Crippen MR) is 50.4 cm³/mol. The summed E-state index contributed by atoms with van der Waals surface area (Å²) in [5.74, 6) is 1.23. The van der Waals surface area contributed by atoms with Gasteiger partial charge in [-0.25, -0.2) is 0 Å². The van der Waals surface area contributed by atoms with Gasteiger partial charge in [0.05, 0.1) is 16.7 Å². The van der Waals surface area contributed by atoms with Crippen molar-refractivity contribution in [3.05, 3.63) is 27.7 Å². The van der Waals surface area contributed by atoms with E-state index in [2.05, 4.69) is 6.92 Å². The highest BCUT2D eigenvalue weighted by atomic mass is 35.5. The second-order valence-corrected chi connectivity index (χ2v) is 3.77. The van der Waals surface area contributed by atoms with Crippen molar-refractivity contribution >= 4 is 23.2 Å². The van der Waals surface area contributed by atoms with Gasteiger partial charge in [0, 0.05) is 11.5 Å². The first-order valence-corrected chi connectivity index (χ1v) is 4.56. The molecular weight excluding hydrogens is 195 g/mol. The monoisotopic (exact) mass is 202 g/mol. The molecular formula is C9H8Cl2O. The molecule has 0 aliphatic carbocycles. The Hall–Kier alpha value is -0.400. The summed E-state index contributed by atoms with van der Waals surface area (Å²) in [6.45, 7) is 2.78. The Balaban J connectivity index is 2.63. The summed E-state index contributed by atoms with van der Waals surface area (Å²) in [6, 6.07) is 3.63. The van der Waals surface area contributed by atoms with Gasteiger partial charge in [-0.3, -0.25) is 0 Å². The average Bonchev–Trinajstić information content (AvgIpc) is 2.41. The fraction of sp³-hybridized carbons (Fsp3) is 0.333. The molecule has 0 spiro atoms. The third kappa shape index (κ3) is 1.08. The van der Waals surface area contributed by atoms with E-state index in [0.29, 0.717) is 22.6 Å². The van der Waals surface area contributed by atoms with Crippen LogP contribution in [0.4, 0.5) is 0 Å². The van der Waals surface area contributed by atoms with Crippen molar-refractivity contribution in [3.8, 4) is 5.75 Å². The molecule has 64 valence electrons. The molecule has 1 aromatic rings. The highest BCUT2D eigenvalue weighted by Gasteiger charge is 2.24. The van der Waals surface area contributed by atoms with Gasteiger partial charge in [0.2, 0.25) is 0 Å². The van der Waals surface area contributed by atoms with Crippen LogP contribution in [0.2, 0.25) is 10.0 Å². The second kappa shape index (κ2) is 2.82. The summed E-state index contributed by atoms with van der Waals surface area (Å²) >= 11 is 11.9. The minimum absolute atomic E-state index is 0.353. The predicted octanol–water partition coefficient (Wildman–Crippen LogP) is 3.49. The molecule has 1 unspecified atom stereocenters. The molecule has 12 heavy (non-hydrogen) atoms. The lowest BCUT2D eigenvalue weighted by Gasteiger charge is -2.04. The average molecular weight is 203 g/mol. The summed E-state index contributed by atoms with van der Waals surface area (Å²) in [6.07, 6.45) is 0. The summed E-state index contributed by atoms with van der Waals surface area (Å²) < 4.78 is 5.40. The van der Waals surface area contributed by atoms with E-state index in [4.69, 9.17) is 27.9 Å². The van der Waals surface area contributed by atoms with E-state index in [0.717, 1.165) is 11.3 Å². The first-order chi connectivity index (χ1) is 5.70. The number of rotatable bonds is 0. The largest absolute Gasteiger partial charge is 0.493 e. The third-order valence-electron chi connectivity index (χ3n) is 2.07. The second-order valence-electron chi connectivity index (χ2n) is 2.99. The molecule has 1 nitrogen and oxygen atoms in total. The Morgan fingerprint density at radius 3 is 2.92 bits per heavy atom. The lowest BCUT2D eigenvalue weighted by Crippen LogP contribution is -1.94. The summed E-state index contributed by atoms with van der Waals surface area (Å²) in [7, 11) is 0. The maximum Gasteiger partial charge on any atom is 0.124 e. The van der Waals surface area contributed by atoms with Crippen LogP contribution in [0.15, 0.2) is 12.1 Å². The van der Waals surface area contributed by atoms with Gasteiger partial charge in [0.25, 0.3) is 0 Å². The zero-order valence-electron chi connectivity index (χ0n) is 6.60. The van der Waals surface area contributed by atoms with Crippen LogP contribution in [0.1, 0.15) is 18.4 Å². The summed E-state index contributed by atoms with van der Waals surface area (Å²) in [5, 5.41) is 1.24. The van der Waals surface area contributed by atoms with Crippen molar-refractivity contribution in [2.24, 2.45) is 0 Å². The highest BCUT2D eigenvalue weighted by Crippen LogP contribution is 2.41. The normalized spacial score (nSPS) is 20.4. The molecule has 1 heterocycles. The Bertz CT molecular complexity index is 323. The minimum atomic E-state index is 0.353. The first kappa shape index (κ1) is 8.21. The van der Waals surface area contributed by atoms with Crippen molar-refractivity contribution in [2.45, 2.75) is 12.8 Å². The molecule has 0 aromatic heterocycles. The Kier molecular flexibility index (Phi) is 1.93. The minimum Gasteiger partial charge on any atom is -0.493 e. The van der Waals surface area contributed by atoms with Crippen LogP contribution >= 0.6 is 23.2 Å². The van der Waals surface area contributed by atoms with Crippen LogP contribution in [-0.2, 0) is 0 Å². The fourth-order valence-corrected chi connectivity index (χ4v) is 1.94. The molecule has 0 N–H and O–H groups in total. The van der Waals surface area contributed by atoms with Crippen LogP contribution in [0.3, 0.4) is 0 Å². The number of hydrogen-bond donors (Lipinski definition) is 0. The van der Waals surface area contributed by atoms with E-state index in [1.165, 1.54) is 0 Å². The van der Waals surface area contributed by atoms with E-state index in [9.17, 15) is 0 Å². The van der Waals surface area contributed by atoms with E-state index in [1.807, 2.05) is 6.07 Å². The number of halogens is 2. The number of fused-ring (bicyclic) bond motifs is 1. The molecule has 3 heteroatoms. The Morgan fingerprint density at radius 1 is 1.42 bits per heavy atom. The molecule has 0 radical (unpaired) electrons. The zero-order chi connectivity index (χ0) is 8.72. The maximum atomic E-state index is 6.02. The van der Waals surface area contributed by atoms with E-state index < -0.39 is 0 Å². The molecule has 0 saturated carbocycles. The van der Waals surface area contributed by atoms with Crippen LogP contribution in [-0.4, -0.2) is 6.61 Å². The van der Waals surface area contributed by atoms with Crippen molar-refractivity contribution in [1.82, 2.24) is 0 Å². The zero-order valence-corrected chi connectivity index (χ0v) is 8.12. The summed E-state index contributed by atoms with van der Waals surface area (Å²) in [4.78, 5) is 0. The quantitative estimate of drug-likeness (QED) is 0.627. The van der Waals surface area contributed by atoms with E-state index >= 15 is 0 Å². The van der Waals surface area contributed by atoms with Gasteiger partial charge in [-0.05, 0) is 12.1 Å². The highest BCUT2D eigenvalue weighted by molar-refractivity contribution is 6.42. The van der Waals surface area contributed by atoms with Crippen molar-refractivity contribution in [1.29, 1.82) is 0 Å². The standard InChI is InChI=1S/C9H8Cl2O/c1-5-4-12-7-3-2-6(10)9(11)8(5)7/h2-3,5H,4H2,1H3. The SMILES string of the molecule is CC1COc2ccc(Cl)c(Cl)c21. The van der Waals surface area contributed by atoms with Crippen molar-refractivity contribution in [3.63, 3.8) is 0 Å². The third-order valence-corrected chi connectivity index (χ3v) is 2.89. The molecule has 2 rings (SSSR count). The van der Waals surface area contributed by atoms with Gasteiger partial charge in [-0.2, -0.15) is 0 Å². The van der Waals surface area contributed by atoms with E-state index in [-0.39, 0.29) is 0 Å². The van der Waals surface area contributed by atoms with E-state index in [1.54, 1.807) is 6.07 Å². The molecule has 1 aliphatic rings. The fourth-order valence-electron chi connectivity index (χ4n) is 1.43.